The largest absolute Gasteiger partial charge is 0.486 e. The van der Waals surface area contributed by atoms with Gasteiger partial charge in [-0.3, -0.25) is 9.59 Å². The van der Waals surface area contributed by atoms with E-state index in [0.29, 0.717) is 28.0 Å². The average molecular weight is 412 g/mol. The molecule has 1 heterocycles. The van der Waals surface area contributed by atoms with Crippen molar-refractivity contribution in [1.29, 1.82) is 0 Å². The Morgan fingerprint density at radius 1 is 1.03 bits per heavy atom. The van der Waals surface area contributed by atoms with E-state index in [9.17, 15) is 14.0 Å². The molecule has 0 spiro atoms. The number of ether oxygens (including phenoxy) is 1. The highest BCUT2D eigenvalue weighted by Crippen LogP contribution is 2.20. The second kappa shape index (κ2) is 8.36. The van der Waals surface area contributed by atoms with Crippen molar-refractivity contribution in [3.63, 3.8) is 0 Å². The molecule has 0 atom stereocenters. The molecule has 4 rings (SSSR count). The average Bonchev–Trinajstić information content (AvgIpc) is 3.41. The van der Waals surface area contributed by atoms with E-state index in [-0.39, 0.29) is 23.3 Å². The van der Waals surface area contributed by atoms with Gasteiger partial charge in [0.2, 0.25) is 5.01 Å². The van der Waals surface area contributed by atoms with Gasteiger partial charge in [-0.1, -0.05) is 11.3 Å². The molecule has 0 radical (unpaired) electrons. The summed E-state index contributed by atoms with van der Waals surface area (Å²) in [5.74, 6) is -0.353. The standard InChI is InChI=1S/C20H17FN4O3S/c21-13-3-9-16(10-4-13)28-11-17-24-25-20(29-17)19(27)23-14-5-1-12(2-6-14)18(26)22-15-7-8-15/h1-6,9-10,15H,7-8,11H2,(H,22,26)(H,23,27). The van der Waals surface area contributed by atoms with Crippen molar-refractivity contribution < 1.29 is 18.7 Å². The molecule has 0 saturated heterocycles. The van der Waals surface area contributed by atoms with E-state index in [2.05, 4.69) is 20.8 Å². The van der Waals surface area contributed by atoms with Crippen LogP contribution in [0.5, 0.6) is 5.75 Å². The van der Waals surface area contributed by atoms with Crippen molar-refractivity contribution in [1.82, 2.24) is 15.5 Å². The molecule has 1 saturated carbocycles. The number of carbonyl (C=O) groups is 2. The zero-order valence-electron chi connectivity index (χ0n) is 15.2. The van der Waals surface area contributed by atoms with Crippen LogP contribution >= 0.6 is 11.3 Å². The lowest BCUT2D eigenvalue weighted by atomic mass is 10.2. The maximum absolute atomic E-state index is 12.9. The molecule has 9 heteroatoms. The molecule has 0 aliphatic heterocycles. The van der Waals surface area contributed by atoms with Gasteiger partial charge < -0.3 is 15.4 Å². The molecule has 1 aliphatic carbocycles. The smallest absolute Gasteiger partial charge is 0.286 e. The van der Waals surface area contributed by atoms with Crippen molar-refractivity contribution in [2.75, 3.05) is 5.32 Å². The number of rotatable bonds is 7. The molecule has 0 bridgehead atoms. The van der Waals surface area contributed by atoms with Crippen LogP contribution in [0.3, 0.4) is 0 Å². The Labute approximate surface area is 169 Å². The molecule has 3 aromatic rings. The Morgan fingerprint density at radius 2 is 1.76 bits per heavy atom. The molecule has 2 aromatic carbocycles. The molecule has 148 valence electrons. The zero-order chi connectivity index (χ0) is 20.2. The van der Waals surface area contributed by atoms with Crippen LogP contribution in [0.25, 0.3) is 0 Å². The highest BCUT2D eigenvalue weighted by atomic mass is 32.1. The first-order chi connectivity index (χ1) is 14.1. The third-order valence-corrected chi connectivity index (χ3v) is 5.05. The van der Waals surface area contributed by atoms with Gasteiger partial charge in [0.25, 0.3) is 11.8 Å². The second-order valence-corrected chi connectivity index (χ2v) is 7.58. The van der Waals surface area contributed by atoms with Gasteiger partial charge in [-0.2, -0.15) is 0 Å². The fourth-order valence-electron chi connectivity index (χ4n) is 2.47. The van der Waals surface area contributed by atoms with Crippen molar-refractivity contribution in [3.8, 4) is 5.75 Å². The fraction of sp³-hybridized carbons (Fsp3) is 0.200. The molecule has 7 nitrogen and oxygen atoms in total. The first-order valence-electron chi connectivity index (χ1n) is 9.00. The summed E-state index contributed by atoms with van der Waals surface area (Å²) in [5.41, 5.74) is 1.10. The number of hydrogen-bond acceptors (Lipinski definition) is 6. The first-order valence-corrected chi connectivity index (χ1v) is 9.81. The van der Waals surface area contributed by atoms with Gasteiger partial charge in [0.05, 0.1) is 0 Å². The predicted octanol–water partition coefficient (Wildman–Crippen LogP) is 3.40. The number of aromatic nitrogens is 2. The molecule has 2 N–H and O–H groups in total. The van der Waals surface area contributed by atoms with E-state index >= 15 is 0 Å². The number of amides is 2. The quantitative estimate of drug-likeness (QED) is 0.620. The number of halogens is 1. The molecular weight excluding hydrogens is 395 g/mol. The Balaban J connectivity index is 1.31. The minimum absolute atomic E-state index is 0.111. The lowest BCUT2D eigenvalue weighted by Crippen LogP contribution is -2.25. The predicted molar refractivity (Wildman–Crippen MR) is 106 cm³/mol. The Kier molecular flexibility index (Phi) is 5.48. The lowest BCUT2D eigenvalue weighted by molar-refractivity contribution is 0.0950. The SMILES string of the molecule is O=C(NC1CC1)c1ccc(NC(=O)c2nnc(COc3ccc(F)cc3)s2)cc1. The van der Waals surface area contributed by atoms with Gasteiger partial charge in [0.1, 0.15) is 18.2 Å². The highest BCUT2D eigenvalue weighted by molar-refractivity contribution is 7.13. The normalized spacial score (nSPS) is 13.0. The van der Waals surface area contributed by atoms with Gasteiger partial charge in [0, 0.05) is 17.3 Å². The summed E-state index contributed by atoms with van der Waals surface area (Å²) in [6, 6.07) is 12.6. The van der Waals surface area contributed by atoms with Crippen LogP contribution in [0, 0.1) is 5.82 Å². The van der Waals surface area contributed by atoms with Gasteiger partial charge in [-0.25, -0.2) is 4.39 Å². The number of nitrogens with one attached hydrogen (secondary N) is 2. The number of hydrogen-bond donors (Lipinski definition) is 2. The minimum atomic E-state index is -0.397. The maximum Gasteiger partial charge on any atom is 0.286 e. The number of anilines is 1. The zero-order valence-corrected chi connectivity index (χ0v) is 16.0. The van der Waals surface area contributed by atoms with Crippen molar-refractivity contribution in [3.05, 3.63) is 69.9 Å². The summed E-state index contributed by atoms with van der Waals surface area (Å²) < 4.78 is 18.4. The van der Waals surface area contributed by atoms with E-state index in [0.717, 1.165) is 24.2 Å². The van der Waals surface area contributed by atoms with Crippen LogP contribution < -0.4 is 15.4 Å². The van der Waals surface area contributed by atoms with E-state index in [4.69, 9.17) is 4.74 Å². The number of benzene rings is 2. The highest BCUT2D eigenvalue weighted by Gasteiger charge is 2.23. The maximum atomic E-state index is 12.9. The molecule has 0 unspecified atom stereocenters. The van der Waals surface area contributed by atoms with Gasteiger partial charge >= 0.3 is 0 Å². The van der Waals surface area contributed by atoms with Crippen LogP contribution in [-0.4, -0.2) is 28.1 Å². The van der Waals surface area contributed by atoms with E-state index < -0.39 is 5.91 Å². The summed E-state index contributed by atoms with van der Waals surface area (Å²) >= 11 is 1.11. The molecule has 1 fully saturated rings. The number of carbonyl (C=O) groups excluding carboxylic acids is 2. The van der Waals surface area contributed by atoms with Crippen LogP contribution in [0.1, 0.15) is 38.0 Å². The van der Waals surface area contributed by atoms with Crippen LogP contribution in [-0.2, 0) is 6.61 Å². The molecule has 29 heavy (non-hydrogen) atoms. The fourth-order valence-corrected chi connectivity index (χ4v) is 3.11. The van der Waals surface area contributed by atoms with Gasteiger partial charge in [-0.15, -0.1) is 10.2 Å². The summed E-state index contributed by atoms with van der Waals surface area (Å²) in [5, 5.41) is 14.2. The van der Waals surface area contributed by atoms with Gasteiger partial charge in [0.15, 0.2) is 5.01 Å². The second-order valence-electron chi connectivity index (χ2n) is 6.52. The molecule has 1 aromatic heterocycles. The first kappa shape index (κ1) is 19.0. The summed E-state index contributed by atoms with van der Waals surface area (Å²) in [7, 11) is 0. The van der Waals surface area contributed by atoms with Gasteiger partial charge in [-0.05, 0) is 61.4 Å². The van der Waals surface area contributed by atoms with Crippen LogP contribution in [0.2, 0.25) is 0 Å². The topological polar surface area (TPSA) is 93.2 Å². The third kappa shape index (κ3) is 5.14. The summed E-state index contributed by atoms with van der Waals surface area (Å²) in [4.78, 5) is 24.3. The third-order valence-electron chi connectivity index (χ3n) is 4.15. The Hall–Kier alpha value is -3.33. The monoisotopic (exact) mass is 412 g/mol. The van der Waals surface area contributed by atoms with Crippen molar-refractivity contribution in [2.24, 2.45) is 0 Å². The van der Waals surface area contributed by atoms with Crippen LogP contribution in [0.4, 0.5) is 10.1 Å². The van der Waals surface area contributed by atoms with E-state index in [1.54, 1.807) is 24.3 Å². The minimum Gasteiger partial charge on any atom is -0.486 e. The Morgan fingerprint density at radius 3 is 2.45 bits per heavy atom. The molecular formula is C20H17FN4O3S. The lowest BCUT2D eigenvalue weighted by Gasteiger charge is -2.05. The molecule has 2 amide bonds. The van der Waals surface area contributed by atoms with E-state index in [1.807, 2.05) is 0 Å². The van der Waals surface area contributed by atoms with Crippen molar-refractivity contribution >= 4 is 28.8 Å². The number of nitrogens with zero attached hydrogens (tertiary/aromatic N) is 2. The summed E-state index contributed by atoms with van der Waals surface area (Å²) in [6.07, 6.45) is 2.05. The molecule has 1 aliphatic rings. The van der Waals surface area contributed by atoms with E-state index in [1.165, 1.54) is 24.3 Å². The Bertz CT molecular complexity index is 1020. The summed E-state index contributed by atoms with van der Waals surface area (Å²) in [6.45, 7) is 0.126. The van der Waals surface area contributed by atoms with Crippen LogP contribution in [0.15, 0.2) is 48.5 Å². The van der Waals surface area contributed by atoms with Crippen molar-refractivity contribution in [2.45, 2.75) is 25.5 Å².